The van der Waals surface area contributed by atoms with Gasteiger partial charge in [0.2, 0.25) is 0 Å². The van der Waals surface area contributed by atoms with Crippen LogP contribution in [0, 0.1) is 10.8 Å². The van der Waals surface area contributed by atoms with Gasteiger partial charge in [-0.2, -0.15) is 12.1 Å². The molecule has 0 saturated carbocycles. The first-order chi connectivity index (χ1) is 26.6. The van der Waals surface area contributed by atoms with E-state index in [9.17, 15) is 0 Å². The van der Waals surface area contributed by atoms with Gasteiger partial charge in [-0.05, 0) is 70.6 Å². The van der Waals surface area contributed by atoms with Crippen LogP contribution >= 0.6 is 17.0 Å². The third kappa shape index (κ3) is 15.2. The molecule has 6 rings (SSSR count). The number of hydrogen-bond donors (Lipinski definition) is 0. The van der Waals surface area contributed by atoms with Gasteiger partial charge in [0.05, 0.1) is 0 Å². The number of rotatable bonds is 10. The Labute approximate surface area is 363 Å². The third-order valence-corrected chi connectivity index (χ3v) is 11.4. The summed E-state index contributed by atoms with van der Waals surface area (Å²) >= 11 is -0.826. The van der Waals surface area contributed by atoms with Gasteiger partial charge < -0.3 is 0 Å². The Hall–Kier alpha value is -2.22. The number of benzene rings is 4. The summed E-state index contributed by atoms with van der Waals surface area (Å²) < 4.78 is 0. The van der Waals surface area contributed by atoms with Gasteiger partial charge in [0.25, 0.3) is 0 Å². The molecule has 0 spiro atoms. The van der Waals surface area contributed by atoms with Gasteiger partial charge in [0, 0.05) is 9.52 Å². The SMILES string of the molecule is CCC(C)c1ccc(-c2cccc3[cH-]c(CC(C)(C)C)cc23)cc1.CCC(C)c1ccc(-c2cccc3[cH-]c(CC(C)(C)C)cc23)cc1.CCC[Si]C.[Cl][Zr+2][Cl]. The van der Waals surface area contributed by atoms with Gasteiger partial charge in [0.1, 0.15) is 0 Å². The first kappa shape index (κ1) is 48.2. The topological polar surface area (TPSA) is 0 Å². The van der Waals surface area contributed by atoms with Crippen molar-refractivity contribution in [2.75, 3.05) is 0 Å². The van der Waals surface area contributed by atoms with Crippen LogP contribution in [0.4, 0.5) is 0 Å². The Morgan fingerprint density at radius 2 is 0.946 bits per heavy atom. The monoisotopic (exact) mass is 880 g/mol. The molecule has 0 N–H and O–H groups in total. The van der Waals surface area contributed by atoms with Crippen molar-refractivity contribution >= 4 is 48.1 Å². The molecular weight excluding hydrogens is 815 g/mol. The quantitative estimate of drug-likeness (QED) is 0.0950. The average molecular weight is 883 g/mol. The molecule has 56 heavy (non-hydrogen) atoms. The molecule has 0 bridgehead atoms. The van der Waals surface area contributed by atoms with E-state index in [1.54, 1.807) is 0 Å². The summed E-state index contributed by atoms with van der Waals surface area (Å²) in [6.45, 7) is 27.4. The van der Waals surface area contributed by atoms with Crippen LogP contribution in [0.25, 0.3) is 43.8 Å². The van der Waals surface area contributed by atoms with Gasteiger partial charge in [0.15, 0.2) is 0 Å². The molecule has 0 aliphatic heterocycles. The van der Waals surface area contributed by atoms with Crippen molar-refractivity contribution in [2.45, 2.75) is 133 Å². The first-order valence-electron chi connectivity index (χ1n) is 20.8. The molecule has 0 aromatic heterocycles. The summed E-state index contributed by atoms with van der Waals surface area (Å²) in [6, 6.07) is 42.6. The molecule has 6 aromatic rings. The summed E-state index contributed by atoms with van der Waals surface area (Å²) in [6.07, 6.45) is 5.97. The Bertz CT molecular complexity index is 1860. The second-order valence-corrected chi connectivity index (χ2v) is 22.8. The van der Waals surface area contributed by atoms with E-state index in [1.165, 1.54) is 91.4 Å². The van der Waals surface area contributed by atoms with Crippen LogP contribution in [0.15, 0.2) is 109 Å². The molecule has 6 aromatic carbocycles. The molecule has 0 amide bonds. The van der Waals surface area contributed by atoms with Crippen LogP contribution in [0.5, 0.6) is 0 Å². The predicted molar refractivity (Wildman–Crippen MR) is 252 cm³/mol. The van der Waals surface area contributed by atoms with E-state index in [-0.39, 0.29) is 0 Å². The second kappa shape index (κ2) is 23.4. The minimum absolute atomic E-state index is 0.322. The average Bonchev–Trinajstić information content (AvgIpc) is 3.76. The fourth-order valence-electron chi connectivity index (χ4n) is 7.23. The fourth-order valence-corrected chi connectivity index (χ4v) is 7.73. The van der Waals surface area contributed by atoms with Gasteiger partial charge in [-0.25, -0.2) is 0 Å². The molecule has 4 heteroatoms. The van der Waals surface area contributed by atoms with Gasteiger partial charge in [-0.3, -0.25) is 0 Å². The minimum atomic E-state index is -0.826. The van der Waals surface area contributed by atoms with Crippen molar-refractivity contribution in [3.8, 4) is 22.3 Å². The summed E-state index contributed by atoms with van der Waals surface area (Å²) in [5, 5.41) is 5.48. The normalized spacial score (nSPS) is 12.4. The third-order valence-electron chi connectivity index (χ3n) is 10.4. The van der Waals surface area contributed by atoms with Crippen molar-refractivity contribution in [3.05, 3.63) is 131 Å². The molecule has 0 aliphatic carbocycles. The molecule has 2 radical (unpaired) electrons. The molecular formula is C52H68Cl2SiZr. The van der Waals surface area contributed by atoms with E-state index < -0.39 is 20.8 Å². The molecule has 0 saturated heterocycles. The summed E-state index contributed by atoms with van der Waals surface area (Å²) in [5.41, 5.74) is 11.7. The first-order valence-corrected chi connectivity index (χ1v) is 28.8. The zero-order chi connectivity index (χ0) is 41.5. The van der Waals surface area contributed by atoms with Crippen LogP contribution < -0.4 is 0 Å². The maximum absolute atomic E-state index is 4.93. The van der Waals surface area contributed by atoms with E-state index in [0.29, 0.717) is 22.7 Å². The van der Waals surface area contributed by atoms with Gasteiger partial charge >= 0.3 is 37.9 Å². The zero-order valence-electron chi connectivity index (χ0n) is 36.5. The van der Waals surface area contributed by atoms with E-state index in [2.05, 4.69) is 192 Å². The molecule has 0 fully saturated rings. The van der Waals surface area contributed by atoms with E-state index in [0.717, 1.165) is 22.4 Å². The van der Waals surface area contributed by atoms with Crippen LogP contribution in [0.3, 0.4) is 0 Å². The van der Waals surface area contributed by atoms with Gasteiger partial charge in [-0.15, -0.1) is 69.1 Å². The number of hydrogen-bond acceptors (Lipinski definition) is 0. The van der Waals surface area contributed by atoms with Gasteiger partial charge in [-0.1, -0.05) is 167 Å². The Kier molecular flexibility index (Phi) is 20.1. The van der Waals surface area contributed by atoms with Crippen LogP contribution in [0.2, 0.25) is 12.6 Å². The number of fused-ring (bicyclic) bond motifs is 2. The zero-order valence-corrected chi connectivity index (χ0v) is 41.5. The molecule has 0 aliphatic rings. The fraction of sp³-hybridized carbons (Fsp3) is 0.423. The van der Waals surface area contributed by atoms with Crippen molar-refractivity contribution in [3.63, 3.8) is 0 Å². The van der Waals surface area contributed by atoms with E-state index in [1.807, 2.05) is 0 Å². The summed E-state index contributed by atoms with van der Waals surface area (Å²) in [7, 11) is 11.0. The van der Waals surface area contributed by atoms with Crippen molar-refractivity contribution < 1.29 is 20.8 Å². The maximum atomic E-state index is 4.93. The van der Waals surface area contributed by atoms with Crippen molar-refractivity contribution in [2.24, 2.45) is 10.8 Å². The number of halogens is 2. The Morgan fingerprint density at radius 3 is 1.21 bits per heavy atom. The second-order valence-electron chi connectivity index (χ2n) is 17.9. The molecule has 0 nitrogen and oxygen atoms in total. The van der Waals surface area contributed by atoms with Crippen molar-refractivity contribution in [1.29, 1.82) is 0 Å². The van der Waals surface area contributed by atoms with E-state index in [4.69, 9.17) is 17.0 Å². The predicted octanol–water partition coefficient (Wildman–Crippen LogP) is 17.6. The Morgan fingerprint density at radius 1 is 0.589 bits per heavy atom. The molecule has 298 valence electrons. The molecule has 0 heterocycles. The van der Waals surface area contributed by atoms with Crippen molar-refractivity contribution in [1.82, 2.24) is 0 Å². The Balaban J connectivity index is 0.000000252. The molecule has 2 atom stereocenters. The van der Waals surface area contributed by atoms with E-state index >= 15 is 0 Å². The molecule has 2 unspecified atom stereocenters. The standard InChI is InChI=1S/2C24H29.C4H10Si.2ClH.Zr/c2*1-6-17(2)19-10-12-20(13-11-19)22-9-7-8-21-14-18(15-23(21)22)16-24(3,4)5;1-3-4-5-2;;;/h2*7-15,17H,6,16H2,1-5H3;3-4H2,1-2H3;2*1H;/q2*-1;;;;+4/p-2. The van der Waals surface area contributed by atoms with Crippen LogP contribution in [-0.2, 0) is 33.7 Å². The summed E-state index contributed by atoms with van der Waals surface area (Å²) in [4.78, 5) is 0. The summed E-state index contributed by atoms with van der Waals surface area (Å²) in [5.74, 6) is 1.26. The van der Waals surface area contributed by atoms with Crippen LogP contribution in [0.1, 0.15) is 130 Å². The van der Waals surface area contributed by atoms with Crippen LogP contribution in [-0.4, -0.2) is 9.52 Å².